The Kier molecular flexibility index (Phi) is 8.59. The molecule has 0 aliphatic carbocycles. The molecule has 5 nitrogen and oxygen atoms in total. The average molecular weight is 407 g/mol. The van der Waals surface area contributed by atoms with Crippen LogP contribution in [0.4, 0.5) is 4.39 Å². The Bertz CT molecular complexity index is 655. The summed E-state index contributed by atoms with van der Waals surface area (Å²) in [7, 11) is 0. The number of halogens is 1. The summed E-state index contributed by atoms with van der Waals surface area (Å²) in [5.74, 6) is 1.63. The molecule has 1 saturated heterocycles. The largest absolute Gasteiger partial charge is 0.486 e. The van der Waals surface area contributed by atoms with E-state index in [9.17, 15) is 9.18 Å². The zero-order valence-corrected chi connectivity index (χ0v) is 17.6. The third-order valence-corrected chi connectivity index (χ3v) is 5.65. The normalized spacial score (nSPS) is 19.9. The molecule has 29 heavy (non-hydrogen) atoms. The molecule has 0 radical (unpaired) electrons. The summed E-state index contributed by atoms with van der Waals surface area (Å²) in [4.78, 5) is 14.6. The van der Waals surface area contributed by atoms with Gasteiger partial charge in [0.15, 0.2) is 11.5 Å². The van der Waals surface area contributed by atoms with Gasteiger partial charge >= 0.3 is 0 Å². The van der Waals surface area contributed by atoms with Gasteiger partial charge < -0.3 is 14.8 Å². The number of rotatable bonds is 11. The van der Waals surface area contributed by atoms with Crippen molar-refractivity contribution in [2.45, 2.75) is 70.5 Å². The molecule has 1 aromatic carbocycles. The molecular formula is C23H35FN2O3. The predicted octanol–water partition coefficient (Wildman–Crippen LogP) is 3.89. The van der Waals surface area contributed by atoms with E-state index in [4.69, 9.17) is 9.47 Å². The number of benzene rings is 1. The van der Waals surface area contributed by atoms with E-state index in [1.54, 1.807) is 0 Å². The number of ether oxygens (including phenoxy) is 2. The minimum Gasteiger partial charge on any atom is -0.486 e. The first-order valence-corrected chi connectivity index (χ1v) is 11.2. The molecular weight excluding hydrogens is 371 g/mol. The first kappa shape index (κ1) is 21.9. The van der Waals surface area contributed by atoms with Gasteiger partial charge in [0.05, 0.1) is 0 Å². The number of amides is 1. The lowest BCUT2D eigenvalue weighted by Crippen LogP contribution is -2.44. The van der Waals surface area contributed by atoms with Crippen LogP contribution in [0.25, 0.3) is 0 Å². The van der Waals surface area contributed by atoms with E-state index in [-0.39, 0.29) is 11.9 Å². The highest BCUT2D eigenvalue weighted by Crippen LogP contribution is 2.31. The number of nitrogens with zero attached hydrogens (tertiary/aromatic N) is 1. The van der Waals surface area contributed by atoms with E-state index < -0.39 is 6.17 Å². The monoisotopic (exact) mass is 406 g/mol. The van der Waals surface area contributed by atoms with Crippen molar-refractivity contribution in [3.8, 4) is 11.5 Å². The topological polar surface area (TPSA) is 50.8 Å². The zero-order chi connectivity index (χ0) is 20.5. The summed E-state index contributed by atoms with van der Waals surface area (Å²) in [6.07, 6.45) is 6.75. The van der Waals surface area contributed by atoms with Crippen LogP contribution < -0.4 is 14.8 Å². The maximum absolute atomic E-state index is 13.6. The predicted molar refractivity (Wildman–Crippen MR) is 112 cm³/mol. The second-order valence-corrected chi connectivity index (χ2v) is 8.26. The number of unbranched alkanes of at least 4 members (excludes halogenated alkanes) is 4. The fourth-order valence-electron chi connectivity index (χ4n) is 4.11. The smallest absolute Gasteiger partial charge is 0.220 e. The first-order chi connectivity index (χ1) is 14.1. The average Bonchev–Trinajstić information content (AvgIpc) is 3.12. The van der Waals surface area contributed by atoms with E-state index >= 15 is 0 Å². The lowest BCUT2D eigenvalue weighted by molar-refractivity contribution is -0.122. The van der Waals surface area contributed by atoms with Gasteiger partial charge in [-0.25, -0.2) is 4.39 Å². The number of carbonyl (C=O) groups is 1. The molecule has 1 aromatic rings. The van der Waals surface area contributed by atoms with Crippen molar-refractivity contribution in [2.75, 3.05) is 32.8 Å². The molecule has 0 bridgehead atoms. The van der Waals surface area contributed by atoms with Crippen molar-refractivity contribution < 1.29 is 18.7 Å². The maximum Gasteiger partial charge on any atom is 0.220 e. The number of likely N-dealkylation sites (tertiary alicyclic amines) is 1. The van der Waals surface area contributed by atoms with Crippen molar-refractivity contribution in [3.05, 3.63) is 23.8 Å². The molecule has 1 amide bonds. The molecule has 1 unspecified atom stereocenters. The van der Waals surface area contributed by atoms with E-state index in [2.05, 4.69) is 17.1 Å². The van der Waals surface area contributed by atoms with Gasteiger partial charge in [0.1, 0.15) is 19.4 Å². The molecule has 1 N–H and O–H groups in total. The van der Waals surface area contributed by atoms with Gasteiger partial charge in [-0.2, -0.15) is 0 Å². The molecule has 0 aromatic heterocycles. The van der Waals surface area contributed by atoms with Crippen LogP contribution in [0.2, 0.25) is 0 Å². The molecule has 6 heteroatoms. The molecule has 0 spiro atoms. The second kappa shape index (κ2) is 11.4. The summed E-state index contributed by atoms with van der Waals surface area (Å²) in [5, 5.41) is 3.20. The molecule has 2 aliphatic rings. The molecule has 2 atom stereocenters. The lowest BCUT2D eigenvalue weighted by atomic mass is 10.0. The molecule has 1 fully saturated rings. The van der Waals surface area contributed by atoms with Gasteiger partial charge in [-0.15, -0.1) is 0 Å². The Labute approximate surface area is 173 Å². The fourth-order valence-corrected chi connectivity index (χ4v) is 4.11. The summed E-state index contributed by atoms with van der Waals surface area (Å²) in [5.41, 5.74) is 1.10. The number of fused-ring (bicyclic) bond motifs is 1. The van der Waals surface area contributed by atoms with Gasteiger partial charge in [0.2, 0.25) is 5.91 Å². The Morgan fingerprint density at radius 3 is 2.76 bits per heavy atom. The number of carbonyl (C=O) groups excluding carboxylic acids is 1. The van der Waals surface area contributed by atoms with Crippen LogP contribution in [0, 0.1) is 0 Å². The Hall–Kier alpha value is -1.82. The highest BCUT2D eigenvalue weighted by Gasteiger charge is 2.25. The van der Waals surface area contributed by atoms with Gasteiger partial charge in [0.25, 0.3) is 0 Å². The summed E-state index contributed by atoms with van der Waals surface area (Å²) in [6.45, 7) is 5.21. The van der Waals surface area contributed by atoms with Gasteiger partial charge in [0, 0.05) is 32.1 Å². The highest BCUT2D eigenvalue weighted by atomic mass is 19.1. The molecule has 2 heterocycles. The minimum atomic E-state index is -0.751. The van der Waals surface area contributed by atoms with Crippen LogP contribution in [0.15, 0.2) is 18.2 Å². The summed E-state index contributed by atoms with van der Waals surface area (Å²) >= 11 is 0. The maximum atomic E-state index is 13.6. The fraction of sp³-hybridized carbons (Fsp3) is 0.696. The number of nitrogens with one attached hydrogen (secondary N) is 1. The number of alkyl halides is 1. The van der Waals surface area contributed by atoms with Crippen molar-refractivity contribution in [1.82, 2.24) is 10.2 Å². The summed E-state index contributed by atoms with van der Waals surface area (Å²) in [6, 6.07) is 5.93. The van der Waals surface area contributed by atoms with E-state index in [0.29, 0.717) is 45.6 Å². The summed E-state index contributed by atoms with van der Waals surface area (Å²) < 4.78 is 24.9. The van der Waals surface area contributed by atoms with Gasteiger partial charge in [-0.3, -0.25) is 9.69 Å². The van der Waals surface area contributed by atoms with Crippen molar-refractivity contribution in [3.63, 3.8) is 0 Å². The van der Waals surface area contributed by atoms with Crippen LogP contribution in [0.3, 0.4) is 0 Å². The van der Waals surface area contributed by atoms with Gasteiger partial charge in [-0.05, 0) is 37.0 Å². The van der Waals surface area contributed by atoms with Crippen LogP contribution in [0.1, 0.15) is 57.4 Å². The second-order valence-electron chi connectivity index (χ2n) is 8.26. The van der Waals surface area contributed by atoms with Gasteiger partial charge in [-0.1, -0.05) is 38.7 Å². The van der Waals surface area contributed by atoms with Crippen molar-refractivity contribution >= 4 is 5.91 Å². The van der Waals surface area contributed by atoms with E-state index in [0.717, 1.165) is 36.4 Å². The third kappa shape index (κ3) is 7.18. The SMILES string of the molecule is CCCCCCCC(=O)N[C@@H](Cc1ccc2c(c1)OCCO2)CN1CCC(F)C1. The third-order valence-electron chi connectivity index (χ3n) is 5.65. The molecule has 2 aliphatic heterocycles. The van der Waals surface area contributed by atoms with Crippen molar-refractivity contribution in [1.29, 1.82) is 0 Å². The van der Waals surface area contributed by atoms with E-state index in [1.165, 1.54) is 19.3 Å². The quantitative estimate of drug-likeness (QED) is 0.567. The minimum absolute atomic E-state index is 0.0361. The van der Waals surface area contributed by atoms with E-state index in [1.807, 2.05) is 18.2 Å². The zero-order valence-electron chi connectivity index (χ0n) is 17.6. The van der Waals surface area contributed by atoms with Crippen LogP contribution in [0.5, 0.6) is 11.5 Å². The molecule has 3 rings (SSSR count). The molecule has 0 saturated carbocycles. The van der Waals surface area contributed by atoms with Crippen LogP contribution in [-0.4, -0.2) is 55.9 Å². The number of hydrogen-bond donors (Lipinski definition) is 1. The Morgan fingerprint density at radius 1 is 1.21 bits per heavy atom. The first-order valence-electron chi connectivity index (χ1n) is 11.2. The Morgan fingerprint density at radius 2 is 2.00 bits per heavy atom. The lowest BCUT2D eigenvalue weighted by Gasteiger charge is -2.25. The number of hydrogen-bond acceptors (Lipinski definition) is 4. The Balaban J connectivity index is 1.56. The molecule has 162 valence electrons. The van der Waals surface area contributed by atoms with Crippen LogP contribution >= 0.6 is 0 Å². The highest BCUT2D eigenvalue weighted by molar-refractivity contribution is 5.76. The van der Waals surface area contributed by atoms with Crippen LogP contribution in [-0.2, 0) is 11.2 Å². The standard InChI is InChI=1S/C23H35FN2O3/c1-2-3-4-5-6-7-23(27)25-20(17-26-11-10-19(24)16-26)14-18-8-9-21-22(15-18)29-13-12-28-21/h8-9,15,19-20H,2-7,10-14,16-17H2,1H3,(H,25,27)/t19?,20-/m0/s1. The van der Waals surface area contributed by atoms with Crippen molar-refractivity contribution in [2.24, 2.45) is 0 Å².